The number of thioether (sulfide) groups is 1. The van der Waals surface area contributed by atoms with E-state index in [9.17, 15) is 24.3 Å². The van der Waals surface area contributed by atoms with Gasteiger partial charge in [0.2, 0.25) is 11.8 Å². The first-order valence-electron chi connectivity index (χ1n) is 18.9. The summed E-state index contributed by atoms with van der Waals surface area (Å²) in [5, 5.41) is 24.4. The zero-order chi connectivity index (χ0) is 36.9. The van der Waals surface area contributed by atoms with Crippen molar-refractivity contribution in [3.63, 3.8) is 0 Å². The maximum Gasteiger partial charge on any atom is 0.335 e. The Morgan fingerprint density at radius 3 is 2.11 bits per heavy atom. The number of aliphatic hydroxyl groups excluding tert-OH is 1. The molecule has 2 atom stereocenters. The zero-order valence-corrected chi connectivity index (χ0v) is 30.8. The molecular weight excluding hydrogens is 689 g/mol. The first-order chi connectivity index (χ1) is 25.7. The van der Waals surface area contributed by atoms with Gasteiger partial charge in [-0.1, -0.05) is 36.4 Å². The van der Waals surface area contributed by atoms with E-state index in [1.807, 2.05) is 54.6 Å². The summed E-state index contributed by atoms with van der Waals surface area (Å²) in [4.78, 5) is 56.4. The number of aryl methyl sites for hydroxylation is 2. The molecule has 3 amide bonds. The summed E-state index contributed by atoms with van der Waals surface area (Å²) in [5.41, 5.74) is 5.97. The average molecular weight is 737 g/mol. The number of piperidine rings is 1. The topological polar surface area (TPSA) is 139 Å². The molecule has 11 heteroatoms. The number of allylic oxidation sites excluding steroid dienone is 1. The maximum absolute atomic E-state index is 13.9. The molecule has 0 radical (unpaired) electrons. The molecule has 0 bridgehead atoms. The largest absolute Gasteiger partial charge is 0.478 e. The fraction of sp³-hybridized carbons (Fsp3) is 0.429. The lowest BCUT2D eigenvalue weighted by Crippen LogP contribution is -2.47. The van der Waals surface area contributed by atoms with Crippen molar-refractivity contribution in [2.24, 2.45) is 5.92 Å². The van der Waals surface area contributed by atoms with Gasteiger partial charge in [-0.2, -0.15) is 0 Å². The summed E-state index contributed by atoms with van der Waals surface area (Å²) in [6, 6.07) is 23.5. The third kappa shape index (κ3) is 9.03. The number of amides is 3. The second kappa shape index (κ2) is 16.7. The summed E-state index contributed by atoms with van der Waals surface area (Å²) in [7, 11) is 0. The minimum Gasteiger partial charge on any atom is -0.478 e. The van der Waals surface area contributed by atoms with E-state index >= 15 is 0 Å². The summed E-state index contributed by atoms with van der Waals surface area (Å²) >= 11 is 1.63. The highest BCUT2D eigenvalue weighted by Crippen LogP contribution is 2.48. The Balaban J connectivity index is 0.974. The molecule has 4 aliphatic rings. The van der Waals surface area contributed by atoms with E-state index in [0.29, 0.717) is 36.4 Å². The Morgan fingerprint density at radius 1 is 0.792 bits per heavy atom. The number of hydrogen-bond acceptors (Lipinski definition) is 7. The molecule has 2 unspecified atom stereocenters. The van der Waals surface area contributed by atoms with Crippen LogP contribution in [0.1, 0.15) is 88.8 Å². The second-order valence-corrected chi connectivity index (χ2v) is 15.9. The second-order valence-electron chi connectivity index (χ2n) is 14.7. The van der Waals surface area contributed by atoms with Crippen molar-refractivity contribution in [1.82, 2.24) is 15.1 Å². The molecule has 7 rings (SSSR count). The molecule has 2 aliphatic heterocycles. The molecule has 2 heterocycles. The van der Waals surface area contributed by atoms with Crippen LogP contribution in [-0.4, -0.2) is 80.9 Å². The first-order valence-corrected chi connectivity index (χ1v) is 19.8. The zero-order valence-electron chi connectivity index (χ0n) is 30.0. The van der Waals surface area contributed by atoms with Crippen LogP contribution in [0.2, 0.25) is 0 Å². The number of nitrogens with one attached hydrogen (secondary N) is 2. The van der Waals surface area contributed by atoms with Gasteiger partial charge in [0.05, 0.1) is 16.9 Å². The predicted octanol–water partition coefficient (Wildman–Crippen LogP) is 6.00. The highest BCUT2D eigenvalue weighted by atomic mass is 32.2. The van der Waals surface area contributed by atoms with Gasteiger partial charge >= 0.3 is 5.97 Å². The molecule has 0 aromatic heterocycles. The number of likely N-dealkylation sites (tertiary alicyclic amines) is 1. The number of hydrogen-bond donors (Lipinski definition) is 4. The third-order valence-electron chi connectivity index (χ3n) is 11.1. The number of rotatable bonds is 13. The lowest BCUT2D eigenvalue weighted by molar-refractivity contribution is -0.135. The Labute approximate surface area is 315 Å². The molecule has 10 nitrogen and oxygen atoms in total. The molecule has 0 spiro atoms. The van der Waals surface area contributed by atoms with Crippen molar-refractivity contribution >= 4 is 41.1 Å². The van der Waals surface area contributed by atoms with Crippen LogP contribution in [0.5, 0.6) is 0 Å². The van der Waals surface area contributed by atoms with Crippen LogP contribution in [0.25, 0.3) is 0 Å². The quantitative estimate of drug-likeness (QED) is 0.168. The van der Waals surface area contributed by atoms with Crippen molar-refractivity contribution in [2.75, 3.05) is 25.0 Å². The van der Waals surface area contributed by atoms with E-state index in [2.05, 4.69) is 21.6 Å². The summed E-state index contributed by atoms with van der Waals surface area (Å²) in [5.74, 6) is -1.89. The number of anilines is 1. The molecule has 1 saturated carbocycles. The maximum atomic E-state index is 13.9. The van der Waals surface area contributed by atoms with E-state index < -0.39 is 23.9 Å². The number of carboxylic acid groups (broad SMARTS) is 1. The van der Waals surface area contributed by atoms with Gasteiger partial charge < -0.3 is 25.7 Å². The van der Waals surface area contributed by atoms with Gasteiger partial charge in [0.15, 0.2) is 0 Å². The van der Waals surface area contributed by atoms with Crippen molar-refractivity contribution < 1.29 is 29.4 Å². The highest BCUT2D eigenvalue weighted by molar-refractivity contribution is 8.04. The van der Waals surface area contributed by atoms with Gasteiger partial charge in [-0.15, -0.1) is 11.8 Å². The number of nitrogens with zero attached hydrogens (tertiary/aromatic N) is 2. The van der Waals surface area contributed by atoms with E-state index in [1.165, 1.54) is 4.91 Å². The van der Waals surface area contributed by atoms with Gasteiger partial charge in [-0.25, -0.2) is 4.79 Å². The molecule has 278 valence electrons. The minimum atomic E-state index is -0.934. The van der Waals surface area contributed by atoms with Crippen molar-refractivity contribution in [1.29, 1.82) is 0 Å². The molecule has 4 N–H and O–H groups in total. The van der Waals surface area contributed by atoms with Crippen molar-refractivity contribution in [3.8, 4) is 0 Å². The van der Waals surface area contributed by atoms with E-state index in [0.717, 1.165) is 93.0 Å². The Bertz CT molecular complexity index is 1850. The molecule has 53 heavy (non-hydrogen) atoms. The Kier molecular flexibility index (Phi) is 11.6. The van der Waals surface area contributed by atoms with Gasteiger partial charge in [-0.05, 0) is 128 Å². The number of aliphatic hydroxyl groups is 1. The fourth-order valence-electron chi connectivity index (χ4n) is 8.00. The van der Waals surface area contributed by atoms with E-state index in [-0.39, 0.29) is 23.3 Å². The van der Waals surface area contributed by atoms with Crippen LogP contribution >= 0.6 is 11.8 Å². The van der Waals surface area contributed by atoms with Crippen molar-refractivity contribution in [2.45, 2.75) is 88.2 Å². The number of carbonyl (C=O) groups excluding carboxylic acids is 3. The summed E-state index contributed by atoms with van der Waals surface area (Å²) in [6.45, 7) is 1.60. The monoisotopic (exact) mass is 736 g/mol. The van der Waals surface area contributed by atoms with Crippen LogP contribution < -0.4 is 10.6 Å². The lowest BCUT2D eigenvalue weighted by Gasteiger charge is -2.38. The van der Waals surface area contributed by atoms with Crippen LogP contribution in [0.3, 0.4) is 0 Å². The van der Waals surface area contributed by atoms with Gasteiger partial charge in [0.25, 0.3) is 5.91 Å². The van der Waals surface area contributed by atoms with Gasteiger partial charge in [0, 0.05) is 43.0 Å². The molecule has 2 fully saturated rings. The van der Waals surface area contributed by atoms with Gasteiger partial charge in [-0.3, -0.25) is 19.3 Å². The van der Waals surface area contributed by atoms with Crippen LogP contribution in [0.15, 0.2) is 83.3 Å². The first kappa shape index (κ1) is 36.9. The van der Waals surface area contributed by atoms with Gasteiger partial charge in [0.1, 0.15) is 6.61 Å². The predicted molar refractivity (Wildman–Crippen MR) is 205 cm³/mol. The van der Waals surface area contributed by atoms with Crippen LogP contribution in [0, 0.1) is 5.92 Å². The third-order valence-corrected chi connectivity index (χ3v) is 12.5. The highest BCUT2D eigenvalue weighted by Gasteiger charge is 2.42. The van der Waals surface area contributed by atoms with E-state index in [4.69, 9.17) is 5.11 Å². The van der Waals surface area contributed by atoms with E-state index in [1.54, 1.807) is 28.8 Å². The molecule has 3 aromatic carbocycles. The molecule has 1 saturated heterocycles. The summed E-state index contributed by atoms with van der Waals surface area (Å²) in [6.07, 6.45) is 9.55. The number of benzene rings is 3. The Hall–Kier alpha value is -4.45. The summed E-state index contributed by atoms with van der Waals surface area (Å²) < 4.78 is 0. The fourth-order valence-corrected chi connectivity index (χ4v) is 9.54. The van der Waals surface area contributed by atoms with Crippen LogP contribution in [0.4, 0.5) is 5.69 Å². The molecule has 3 aromatic rings. The molecular formula is C42H48N4O6S. The standard InChI is InChI=1S/C42H48N4O6S/c47-26-37(48)45-22-20-34(21-23-45)46(33-18-19-33)25-29-4-3-5-31(24-29)39(49)44-41-38(35-6-1-2-7-36(35)53-41)40(50)43-32-16-12-28(13-17-32)9-8-27-10-14-30(15-11-27)42(51)52/h3-5,10-17,24,33-34,38,41,47H,1-2,6-9,18-23,25-26H2,(H,43,50)(H,44,49)(H,51,52). The average Bonchev–Trinajstić information content (AvgIpc) is 3.96. The van der Waals surface area contributed by atoms with Crippen LogP contribution in [-0.2, 0) is 29.0 Å². The number of carbonyl (C=O) groups is 4. The lowest BCUT2D eigenvalue weighted by atomic mass is 9.88. The minimum absolute atomic E-state index is 0.110. The number of carboxylic acids is 1. The smallest absolute Gasteiger partial charge is 0.335 e. The Morgan fingerprint density at radius 2 is 1.45 bits per heavy atom. The molecule has 2 aliphatic carbocycles. The SMILES string of the molecule is O=C(O)c1ccc(CCc2ccc(NC(=O)C3C4=C(CCCC4)SC3NC(=O)c3cccc(CN(C4CC4)C4CCN(C(=O)CO)CC4)c3)cc2)cc1. The number of aromatic carboxylic acids is 1. The normalized spacial score (nSPS) is 20.3. The van der Waals surface area contributed by atoms with Crippen molar-refractivity contribution in [3.05, 3.63) is 111 Å².